The molecule has 1 aromatic carbocycles. The molecule has 112 valence electrons. The number of benzene rings is 1. The van der Waals surface area contributed by atoms with E-state index in [9.17, 15) is 9.59 Å². The van der Waals surface area contributed by atoms with Crippen LogP contribution in [0.2, 0.25) is 0 Å². The molecule has 21 heavy (non-hydrogen) atoms. The topological polar surface area (TPSA) is 58.2 Å². The van der Waals surface area contributed by atoms with E-state index in [0.29, 0.717) is 0 Å². The van der Waals surface area contributed by atoms with Crippen LogP contribution in [0.5, 0.6) is 0 Å². The molecule has 4 heteroatoms. The van der Waals surface area contributed by atoms with E-state index in [2.05, 4.69) is 10.6 Å². The molecule has 1 aromatic rings. The van der Waals surface area contributed by atoms with Gasteiger partial charge in [-0.2, -0.15) is 0 Å². The first-order chi connectivity index (χ1) is 9.95. The maximum absolute atomic E-state index is 11.7. The first-order valence-corrected chi connectivity index (χ1v) is 7.32. The third-order valence-electron chi connectivity index (χ3n) is 3.40. The maximum atomic E-state index is 11.7. The van der Waals surface area contributed by atoms with Gasteiger partial charge in [-0.15, -0.1) is 0 Å². The molecule has 2 rings (SSSR count). The van der Waals surface area contributed by atoms with Crippen molar-refractivity contribution in [3.8, 4) is 0 Å². The van der Waals surface area contributed by atoms with E-state index < -0.39 is 0 Å². The van der Waals surface area contributed by atoms with Gasteiger partial charge < -0.3 is 10.6 Å². The summed E-state index contributed by atoms with van der Waals surface area (Å²) in [6.07, 6.45) is 3.58. The van der Waals surface area contributed by atoms with E-state index in [1.165, 1.54) is 0 Å². The minimum absolute atomic E-state index is 0.0683. The van der Waals surface area contributed by atoms with Gasteiger partial charge in [-0.25, -0.2) is 0 Å². The number of hydrogen-bond acceptors (Lipinski definition) is 2. The molecule has 0 aromatic heterocycles. The Balaban J connectivity index is 1.92. The Bertz CT molecular complexity index is 553. The monoisotopic (exact) mass is 286 g/mol. The van der Waals surface area contributed by atoms with Gasteiger partial charge in [0.25, 0.3) is 0 Å². The van der Waals surface area contributed by atoms with Crippen LogP contribution < -0.4 is 10.6 Å². The number of hydrogen-bond donors (Lipinski definition) is 2. The highest BCUT2D eigenvalue weighted by atomic mass is 16.2. The van der Waals surface area contributed by atoms with Crippen LogP contribution >= 0.6 is 0 Å². The SMILES string of the molecule is CC(C)=CC(=O)N[C@H](C)c1ccc(NC(=O)C2CC2)cc1. The fourth-order valence-electron chi connectivity index (χ4n) is 2.05. The van der Waals surface area contributed by atoms with Crippen LogP contribution in [0.3, 0.4) is 0 Å². The average Bonchev–Trinajstić information content (AvgIpc) is 3.22. The van der Waals surface area contributed by atoms with E-state index in [4.69, 9.17) is 0 Å². The molecular formula is C17H22N2O2. The van der Waals surface area contributed by atoms with Crippen LogP contribution in [0.15, 0.2) is 35.9 Å². The average molecular weight is 286 g/mol. The fraction of sp³-hybridized carbons (Fsp3) is 0.412. The van der Waals surface area contributed by atoms with Crippen LogP contribution in [-0.2, 0) is 9.59 Å². The molecule has 1 atom stereocenters. The van der Waals surface area contributed by atoms with Crippen molar-refractivity contribution < 1.29 is 9.59 Å². The number of nitrogens with one attached hydrogen (secondary N) is 2. The highest BCUT2D eigenvalue weighted by Gasteiger charge is 2.29. The van der Waals surface area contributed by atoms with Crippen molar-refractivity contribution >= 4 is 17.5 Å². The predicted molar refractivity (Wildman–Crippen MR) is 83.8 cm³/mol. The van der Waals surface area contributed by atoms with Gasteiger partial charge in [-0.1, -0.05) is 17.7 Å². The van der Waals surface area contributed by atoms with Gasteiger partial charge in [0.15, 0.2) is 0 Å². The summed E-state index contributed by atoms with van der Waals surface area (Å²) in [5, 5.41) is 5.81. The van der Waals surface area contributed by atoms with Gasteiger partial charge in [0.2, 0.25) is 11.8 Å². The Morgan fingerprint density at radius 3 is 2.33 bits per heavy atom. The largest absolute Gasteiger partial charge is 0.346 e. The highest BCUT2D eigenvalue weighted by Crippen LogP contribution is 2.30. The summed E-state index contributed by atoms with van der Waals surface area (Å²) in [4.78, 5) is 23.4. The lowest BCUT2D eigenvalue weighted by Gasteiger charge is -2.14. The maximum Gasteiger partial charge on any atom is 0.244 e. The Hall–Kier alpha value is -2.10. The lowest BCUT2D eigenvalue weighted by atomic mass is 10.1. The van der Waals surface area contributed by atoms with Crippen molar-refractivity contribution in [1.82, 2.24) is 5.32 Å². The Morgan fingerprint density at radius 2 is 1.81 bits per heavy atom. The Kier molecular flexibility index (Phi) is 4.78. The van der Waals surface area contributed by atoms with Crippen LogP contribution in [0, 0.1) is 5.92 Å². The van der Waals surface area contributed by atoms with Crippen LogP contribution in [0.25, 0.3) is 0 Å². The first kappa shape index (κ1) is 15.3. The molecular weight excluding hydrogens is 264 g/mol. The molecule has 1 fully saturated rings. The van der Waals surface area contributed by atoms with Crippen LogP contribution in [0.4, 0.5) is 5.69 Å². The van der Waals surface area contributed by atoms with E-state index >= 15 is 0 Å². The molecule has 2 amide bonds. The number of allylic oxidation sites excluding steroid dienone is 1. The number of carbonyl (C=O) groups is 2. The number of amides is 2. The number of rotatable bonds is 5. The third kappa shape index (κ3) is 4.74. The fourth-order valence-corrected chi connectivity index (χ4v) is 2.05. The quantitative estimate of drug-likeness (QED) is 0.817. The van der Waals surface area contributed by atoms with Crippen molar-refractivity contribution in [3.05, 3.63) is 41.5 Å². The summed E-state index contributed by atoms with van der Waals surface area (Å²) in [7, 11) is 0. The van der Waals surface area contributed by atoms with E-state index in [1.54, 1.807) is 6.08 Å². The molecule has 0 radical (unpaired) electrons. The number of carbonyl (C=O) groups excluding carboxylic acids is 2. The van der Waals surface area contributed by atoms with Crippen molar-refractivity contribution in [2.45, 2.75) is 39.7 Å². The highest BCUT2D eigenvalue weighted by molar-refractivity contribution is 5.94. The van der Waals surface area contributed by atoms with Crippen molar-refractivity contribution in [3.63, 3.8) is 0 Å². The van der Waals surface area contributed by atoms with Crippen LogP contribution in [0.1, 0.15) is 45.2 Å². The zero-order valence-electron chi connectivity index (χ0n) is 12.8. The Labute approximate surface area is 125 Å². The molecule has 1 saturated carbocycles. The standard InChI is InChI=1S/C17H22N2O2/c1-11(2)10-16(20)18-12(3)13-6-8-15(9-7-13)19-17(21)14-4-5-14/h6-10,12,14H,4-5H2,1-3H3,(H,18,20)(H,19,21)/t12-/m1/s1. The molecule has 0 unspecified atom stereocenters. The molecule has 0 saturated heterocycles. The normalized spacial score (nSPS) is 15.0. The molecule has 0 heterocycles. The lowest BCUT2D eigenvalue weighted by Crippen LogP contribution is -2.24. The molecule has 2 N–H and O–H groups in total. The first-order valence-electron chi connectivity index (χ1n) is 7.32. The smallest absolute Gasteiger partial charge is 0.244 e. The molecule has 0 bridgehead atoms. The predicted octanol–water partition coefficient (Wildman–Crippen LogP) is 3.18. The molecule has 4 nitrogen and oxygen atoms in total. The van der Waals surface area contributed by atoms with Crippen LogP contribution in [-0.4, -0.2) is 11.8 Å². The minimum Gasteiger partial charge on any atom is -0.346 e. The van der Waals surface area contributed by atoms with Gasteiger partial charge in [0.1, 0.15) is 0 Å². The zero-order valence-corrected chi connectivity index (χ0v) is 12.8. The van der Waals surface area contributed by atoms with Crippen molar-refractivity contribution in [1.29, 1.82) is 0 Å². The second-order valence-electron chi connectivity index (χ2n) is 5.84. The van der Waals surface area contributed by atoms with Gasteiger partial charge in [-0.3, -0.25) is 9.59 Å². The second kappa shape index (κ2) is 6.57. The van der Waals surface area contributed by atoms with Gasteiger partial charge in [0.05, 0.1) is 6.04 Å². The van der Waals surface area contributed by atoms with E-state index in [0.717, 1.165) is 29.7 Å². The molecule has 0 aliphatic heterocycles. The number of anilines is 1. The summed E-state index contributed by atoms with van der Waals surface area (Å²) in [6, 6.07) is 7.53. The van der Waals surface area contributed by atoms with E-state index in [1.807, 2.05) is 45.0 Å². The lowest BCUT2D eigenvalue weighted by molar-refractivity contribution is -0.118. The van der Waals surface area contributed by atoms with Crippen molar-refractivity contribution in [2.24, 2.45) is 5.92 Å². The molecule has 0 spiro atoms. The second-order valence-corrected chi connectivity index (χ2v) is 5.84. The van der Waals surface area contributed by atoms with Gasteiger partial charge >= 0.3 is 0 Å². The third-order valence-corrected chi connectivity index (χ3v) is 3.40. The summed E-state index contributed by atoms with van der Waals surface area (Å²) in [5.41, 5.74) is 2.78. The minimum atomic E-state index is -0.0892. The Morgan fingerprint density at radius 1 is 1.19 bits per heavy atom. The summed E-state index contributed by atoms with van der Waals surface area (Å²) >= 11 is 0. The summed E-state index contributed by atoms with van der Waals surface area (Å²) in [5.74, 6) is 0.216. The zero-order chi connectivity index (χ0) is 15.4. The summed E-state index contributed by atoms with van der Waals surface area (Å²) in [6.45, 7) is 5.72. The summed E-state index contributed by atoms with van der Waals surface area (Å²) < 4.78 is 0. The van der Waals surface area contributed by atoms with E-state index in [-0.39, 0.29) is 23.8 Å². The molecule has 1 aliphatic carbocycles. The van der Waals surface area contributed by atoms with Gasteiger partial charge in [0, 0.05) is 17.7 Å². The molecule has 1 aliphatic rings. The van der Waals surface area contributed by atoms with Crippen molar-refractivity contribution in [2.75, 3.05) is 5.32 Å². The van der Waals surface area contributed by atoms with Gasteiger partial charge in [-0.05, 0) is 51.3 Å².